The second-order valence-electron chi connectivity index (χ2n) is 6.09. The number of aromatic nitrogens is 2. The van der Waals surface area contributed by atoms with E-state index in [1.165, 1.54) is 24.0 Å². The van der Waals surface area contributed by atoms with Crippen LogP contribution in [0.15, 0.2) is 12.2 Å². The number of ether oxygens (including phenoxy) is 1. The van der Waals surface area contributed by atoms with Crippen molar-refractivity contribution in [3.8, 4) is 5.88 Å². The molecule has 0 spiro atoms. The molecule has 5 heteroatoms. The van der Waals surface area contributed by atoms with Gasteiger partial charge in [0.15, 0.2) is 0 Å². The Hall–Kier alpha value is -1.33. The highest BCUT2D eigenvalue weighted by Gasteiger charge is 2.20. The summed E-state index contributed by atoms with van der Waals surface area (Å²) in [5.74, 6) is 0.861. The molecule has 0 radical (unpaired) electrons. The predicted molar refractivity (Wildman–Crippen MR) is 85.6 cm³/mol. The maximum atomic E-state index is 5.44. The van der Waals surface area contributed by atoms with E-state index < -0.39 is 0 Å². The fourth-order valence-corrected chi connectivity index (χ4v) is 3.06. The van der Waals surface area contributed by atoms with Crippen molar-refractivity contribution in [1.29, 1.82) is 0 Å². The van der Waals surface area contributed by atoms with Gasteiger partial charge in [-0.3, -0.25) is 4.90 Å². The number of hydrogen-bond acceptors (Lipinski definition) is 4. The van der Waals surface area contributed by atoms with E-state index in [0.29, 0.717) is 6.04 Å². The standard InChI is InChI=1S/C16H28N4O/c1-12(2)11-20-8-6-14(7-9-20)17-10-15-13(3)18-19(4)16(15)21-5/h14,17H,1,6-11H2,2-5H3. The van der Waals surface area contributed by atoms with Gasteiger partial charge in [0, 0.05) is 26.2 Å². The van der Waals surface area contributed by atoms with Crippen LogP contribution in [-0.4, -0.2) is 47.5 Å². The minimum atomic E-state index is 0.579. The van der Waals surface area contributed by atoms with Crippen molar-refractivity contribution in [2.75, 3.05) is 26.7 Å². The lowest BCUT2D eigenvalue weighted by Crippen LogP contribution is -2.42. The van der Waals surface area contributed by atoms with Crippen molar-refractivity contribution in [3.05, 3.63) is 23.4 Å². The molecule has 118 valence electrons. The average molecular weight is 292 g/mol. The Morgan fingerprint density at radius 2 is 2.10 bits per heavy atom. The van der Waals surface area contributed by atoms with Gasteiger partial charge in [0.2, 0.25) is 5.88 Å². The summed E-state index contributed by atoms with van der Waals surface area (Å²) in [5, 5.41) is 8.08. The number of rotatable bonds is 6. The SMILES string of the molecule is C=C(C)CN1CCC(NCc2c(C)nn(C)c2OC)CC1. The van der Waals surface area contributed by atoms with Gasteiger partial charge in [-0.25, -0.2) is 4.68 Å². The zero-order valence-electron chi connectivity index (χ0n) is 13.8. The highest BCUT2D eigenvalue weighted by atomic mass is 16.5. The third-order valence-corrected chi connectivity index (χ3v) is 4.13. The highest BCUT2D eigenvalue weighted by molar-refractivity contribution is 5.30. The molecular formula is C16H28N4O. The van der Waals surface area contributed by atoms with Crippen LogP contribution in [0.25, 0.3) is 0 Å². The van der Waals surface area contributed by atoms with Crippen molar-refractivity contribution in [1.82, 2.24) is 20.0 Å². The van der Waals surface area contributed by atoms with Crippen molar-refractivity contribution < 1.29 is 4.74 Å². The van der Waals surface area contributed by atoms with Gasteiger partial charge in [0.25, 0.3) is 0 Å². The number of piperidine rings is 1. The van der Waals surface area contributed by atoms with Crippen LogP contribution in [-0.2, 0) is 13.6 Å². The number of aryl methyl sites for hydroxylation is 2. The first kappa shape index (κ1) is 16.0. The number of hydrogen-bond donors (Lipinski definition) is 1. The van der Waals surface area contributed by atoms with Gasteiger partial charge < -0.3 is 10.1 Å². The fraction of sp³-hybridized carbons (Fsp3) is 0.688. The lowest BCUT2D eigenvalue weighted by atomic mass is 10.0. The van der Waals surface area contributed by atoms with Gasteiger partial charge in [0.1, 0.15) is 0 Å². The first-order chi connectivity index (χ1) is 10.0. The van der Waals surface area contributed by atoms with Crippen molar-refractivity contribution in [2.45, 2.75) is 39.3 Å². The molecule has 0 amide bonds. The van der Waals surface area contributed by atoms with E-state index >= 15 is 0 Å². The molecule has 1 aliphatic rings. The molecule has 2 heterocycles. The van der Waals surface area contributed by atoms with E-state index in [2.05, 4.69) is 28.8 Å². The Labute approximate surface area is 128 Å². The quantitative estimate of drug-likeness (QED) is 0.813. The molecule has 1 aliphatic heterocycles. The minimum Gasteiger partial charge on any atom is -0.481 e. The summed E-state index contributed by atoms with van der Waals surface area (Å²) in [6, 6.07) is 0.579. The maximum absolute atomic E-state index is 5.44. The fourth-order valence-electron chi connectivity index (χ4n) is 3.06. The molecule has 5 nitrogen and oxygen atoms in total. The molecule has 0 aliphatic carbocycles. The van der Waals surface area contributed by atoms with Gasteiger partial charge in [-0.1, -0.05) is 12.2 Å². The third-order valence-electron chi connectivity index (χ3n) is 4.13. The second-order valence-corrected chi connectivity index (χ2v) is 6.09. The second kappa shape index (κ2) is 7.09. The zero-order chi connectivity index (χ0) is 15.4. The topological polar surface area (TPSA) is 42.3 Å². The summed E-state index contributed by atoms with van der Waals surface area (Å²) < 4.78 is 7.25. The highest BCUT2D eigenvalue weighted by Crippen LogP contribution is 2.21. The van der Waals surface area contributed by atoms with Gasteiger partial charge in [-0.2, -0.15) is 5.10 Å². The van der Waals surface area contributed by atoms with Crippen LogP contribution in [0.3, 0.4) is 0 Å². The van der Waals surface area contributed by atoms with Crippen LogP contribution in [0.5, 0.6) is 5.88 Å². The van der Waals surface area contributed by atoms with E-state index in [-0.39, 0.29) is 0 Å². The summed E-state index contributed by atoms with van der Waals surface area (Å²) in [6.07, 6.45) is 2.38. The smallest absolute Gasteiger partial charge is 0.216 e. The molecule has 0 unspecified atom stereocenters. The number of likely N-dealkylation sites (tertiary alicyclic amines) is 1. The van der Waals surface area contributed by atoms with Crippen molar-refractivity contribution in [3.63, 3.8) is 0 Å². The number of nitrogens with one attached hydrogen (secondary N) is 1. The molecule has 0 bridgehead atoms. The summed E-state index contributed by atoms with van der Waals surface area (Å²) in [4.78, 5) is 2.48. The molecule has 1 saturated heterocycles. The summed E-state index contributed by atoms with van der Waals surface area (Å²) in [7, 11) is 3.63. The normalized spacial score (nSPS) is 17.1. The van der Waals surface area contributed by atoms with E-state index in [1.807, 2.05) is 18.7 Å². The zero-order valence-corrected chi connectivity index (χ0v) is 13.8. The van der Waals surface area contributed by atoms with E-state index in [4.69, 9.17) is 4.74 Å². The van der Waals surface area contributed by atoms with E-state index in [0.717, 1.165) is 37.8 Å². The Morgan fingerprint density at radius 1 is 1.43 bits per heavy atom. The average Bonchev–Trinajstić information content (AvgIpc) is 2.71. The molecule has 1 aromatic heterocycles. The largest absolute Gasteiger partial charge is 0.481 e. The van der Waals surface area contributed by atoms with Crippen LogP contribution in [0, 0.1) is 6.92 Å². The Kier molecular flexibility index (Phi) is 5.42. The van der Waals surface area contributed by atoms with Crippen LogP contribution < -0.4 is 10.1 Å². The summed E-state index contributed by atoms with van der Waals surface area (Å²) in [6.45, 7) is 12.3. The van der Waals surface area contributed by atoms with E-state index in [9.17, 15) is 0 Å². The molecule has 1 N–H and O–H groups in total. The molecular weight excluding hydrogens is 264 g/mol. The van der Waals surface area contributed by atoms with Gasteiger partial charge in [0.05, 0.1) is 18.4 Å². The van der Waals surface area contributed by atoms with Gasteiger partial charge in [-0.05, 0) is 39.8 Å². The molecule has 21 heavy (non-hydrogen) atoms. The van der Waals surface area contributed by atoms with Crippen LogP contribution in [0.2, 0.25) is 0 Å². The van der Waals surface area contributed by atoms with Crippen LogP contribution in [0.1, 0.15) is 31.0 Å². The number of nitrogens with zero attached hydrogens (tertiary/aromatic N) is 3. The predicted octanol–water partition coefficient (Wildman–Crippen LogP) is 1.87. The molecule has 1 aromatic rings. The van der Waals surface area contributed by atoms with Crippen molar-refractivity contribution >= 4 is 0 Å². The molecule has 0 atom stereocenters. The summed E-state index contributed by atoms with van der Waals surface area (Å²) in [5.41, 5.74) is 3.46. The Morgan fingerprint density at radius 3 is 2.67 bits per heavy atom. The Balaban J connectivity index is 1.84. The monoisotopic (exact) mass is 292 g/mol. The van der Waals surface area contributed by atoms with E-state index in [1.54, 1.807) is 7.11 Å². The molecule has 1 fully saturated rings. The lowest BCUT2D eigenvalue weighted by molar-refractivity contribution is 0.210. The summed E-state index contributed by atoms with van der Waals surface area (Å²) >= 11 is 0. The maximum Gasteiger partial charge on any atom is 0.216 e. The molecule has 0 aromatic carbocycles. The van der Waals surface area contributed by atoms with Crippen LogP contribution in [0.4, 0.5) is 0 Å². The molecule has 0 saturated carbocycles. The third kappa shape index (κ3) is 4.08. The Bertz CT molecular complexity index is 487. The molecule has 2 rings (SSSR count). The van der Waals surface area contributed by atoms with Gasteiger partial charge >= 0.3 is 0 Å². The van der Waals surface area contributed by atoms with Crippen LogP contribution >= 0.6 is 0 Å². The van der Waals surface area contributed by atoms with Crippen molar-refractivity contribution in [2.24, 2.45) is 7.05 Å². The first-order valence-corrected chi connectivity index (χ1v) is 7.67. The first-order valence-electron chi connectivity index (χ1n) is 7.67. The minimum absolute atomic E-state index is 0.579. The lowest BCUT2D eigenvalue weighted by Gasteiger charge is -2.32. The number of methoxy groups -OCH3 is 1. The van der Waals surface area contributed by atoms with Gasteiger partial charge in [-0.15, -0.1) is 0 Å².